The molecule has 1 rings (SSSR count). The monoisotopic (exact) mass is 221 g/mol. The van der Waals surface area contributed by atoms with Crippen LogP contribution in [0.5, 0.6) is 0 Å². The summed E-state index contributed by atoms with van der Waals surface area (Å²) in [6.45, 7) is 0. The highest BCUT2D eigenvalue weighted by Crippen LogP contribution is 2.06. The summed E-state index contributed by atoms with van der Waals surface area (Å²) in [4.78, 5) is 27.1. The number of hydroxylamine groups is 1. The molecule has 0 spiro atoms. The number of hydrogen-bond donors (Lipinski definition) is 1. The molecule has 0 aliphatic rings. The van der Waals surface area contributed by atoms with Crippen molar-refractivity contribution in [3.05, 3.63) is 35.9 Å². The normalized spacial score (nSPS) is 9.81. The number of hydrogen-bond acceptors (Lipinski definition) is 3. The van der Waals surface area contributed by atoms with Gasteiger partial charge in [-0.15, -0.1) is 0 Å². The van der Waals surface area contributed by atoms with E-state index >= 15 is 0 Å². The Labute approximate surface area is 94.6 Å². The SMILES string of the molecule is CONC(=O)CCCC(=O)c1ccccc1. The minimum atomic E-state index is -0.205. The van der Waals surface area contributed by atoms with Crippen molar-refractivity contribution in [1.29, 1.82) is 0 Å². The second-order valence-electron chi connectivity index (χ2n) is 3.37. The molecule has 0 aromatic heterocycles. The zero-order valence-electron chi connectivity index (χ0n) is 9.23. The van der Waals surface area contributed by atoms with E-state index in [0.717, 1.165) is 0 Å². The van der Waals surface area contributed by atoms with E-state index in [1.807, 2.05) is 18.2 Å². The van der Waals surface area contributed by atoms with Crippen molar-refractivity contribution in [3.63, 3.8) is 0 Å². The van der Waals surface area contributed by atoms with Gasteiger partial charge in [0.05, 0.1) is 7.11 Å². The van der Waals surface area contributed by atoms with Crippen molar-refractivity contribution in [2.75, 3.05) is 7.11 Å². The highest BCUT2D eigenvalue weighted by atomic mass is 16.6. The summed E-state index contributed by atoms with van der Waals surface area (Å²) in [5.41, 5.74) is 2.90. The number of benzene rings is 1. The lowest BCUT2D eigenvalue weighted by Crippen LogP contribution is -2.21. The molecule has 0 radical (unpaired) electrons. The Bertz CT molecular complexity index is 349. The third kappa shape index (κ3) is 4.23. The number of carbonyl (C=O) groups excluding carboxylic acids is 2. The molecule has 16 heavy (non-hydrogen) atoms. The summed E-state index contributed by atoms with van der Waals surface area (Å²) in [5, 5.41) is 0. The molecule has 4 heteroatoms. The molecule has 0 aliphatic heterocycles. The first-order valence-corrected chi connectivity index (χ1v) is 5.14. The smallest absolute Gasteiger partial charge is 0.243 e. The minimum absolute atomic E-state index is 0.0609. The fourth-order valence-electron chi connectivity index (χ4n) is 1.34. The van der Waals surface area contributed by atoms with E-state index < -0.39 is 0 Å². The van der Waals surface area contributed by atoms with Crippen LogP contribution in [0, 0.1) is 0 Å². The maximum atomic E-state index is 11.6. The molecule has 0 aliphatic carbocycles. The van der Waals surface area contributed by atoms with Crippen LogP contribution in [0.15, 0.2) is 30.3 Å². The standard InChI is InChI=1S/C12H15NO3/c1-16-13-12(15)9-5-8-11(14)10-6-3-2-4-7-10/h2-4,6-7H,5,8-9H2,1H3,(H,13,15). The molecule has 0 saturated heterocycles. The average Bonchev–Trinajstić information content (AvgIpc) is 2.30. The van der Waals surface area contributed by atoms with Gasteiger partial charge in [-0.05, 0) is 6.42 Å². The van der Waals surface area contributed by atoms with Crippen LogP contribution < -0.4 is 5.48 Å². The molecule has 86 valence electrons. The molecule has 1 aromatic rings. The Morgan fingerprint density at radius 3 is 2.50 bits per heavy atom. The number of ketones is 1. The van der Waals surface area contributed by atoms with Gasteiger partial charge >= 0.3 is 0 Å². The summed E-state index contributed by atoms with van der Waals surface area (Å²) in [5.74, 6) is -0.144. The van der Waals surface area contributed by atoms with Crippen LogP contribution in [0.3, 0.4) is 0 Å². The van der Waals surface area contributed by atoms with E-state index in [-0.39, 0.29) is 11.7 Å². The van der Waals surface area contributed by atoms with Gasteiger partial charge in [-0.25, -0.2) is 5.48 Å². The fraction of sp³-hybridized carbons (Fsp3) is 0.333. The molecule has 1 aromatic carbocycles. The van der Waals surface area contributed by atoms with E-state index in [2.05, 4.69) is 10.3 Å². The first kappa shape index (κ1) is 12.4. The number of nitrogens with one attached hydrogen (secondary N) is 1. The van der Waals surface area contributed by atoms with E-state index in [1.165, 1.54) is 7.11 Å². The minimum Gasteiger partial charge on any atom is -0.294 e. The maximum Gasteiger partial charge on any atom is 0.243 e. The quantitative estimate of drug-likeness (QED) is 0.587. The van der Waals surface area contributed by atoms with Crippen LogP contribution in [-0.4, -0.2) is 18.8 Å². The summed E-state index contributed by atoms with van der Waals surface area (Å²) in [6.07, 6.45) is 1.20. The third-order valence-electron chi connectivity index (χ3n) is 2.12. The number of amides is 1. The Morgan fingerprint density at radius 1 is 1.19 bits per heavy atom. The second-order valence-corrected chi connectivity index (χ2v) is 3.37. The lowest BCUT2D eigenvalue weighted by atomic mass is 10.1. The van der Waals surface area contributed by atoms with E-state index in [1.54, 1.807) is 12.1 Å². The summed E-state index contributed by atoms with van der Waals surface area (Å²) < 4.78 is 0. The molecular formula is C12H15NO3. The van der Waals surface area contributed by atoms with Gasteiger partial charge in [0.15, 0.2) is 5.78 Å². The van der Waals surface area contributed by atoms with Crippen LogP contribution >= 0.6 is 0 Å². The maximum absolute atomic E-state index is 11.6. The summed E-state index contributed by atoms with van der Waals surface area (Å²) in [7, 11) is 1.38. The lowest BCUT2D eigenvalue weighted by molar-refractivity contribution is -0.131. The van der Waals surface area contributed by atoms with E-state index in [9.17, 15) is 9.59 Å². The zero-order chi connectivity index (χ0) is 11.8. The van der Waals surface area contributed by atoms with Gasteiger partial charge in [0.1, 0.15) is 0 Å². The van der Waals surface area contributed by atoms with Crippen molar-refractivity contribution in [1.82, 2.24) is 5.48 Å². The highest BCUT2D eigenvalue weighted by Gasteiger charge is 2.06. The van der Waals surface area contributed by atoms with Crippen molar-refractivity contribution in [2.45, 2.75) is 19.3 Å². The van der Waals surface area contributed by atoms with Gasteiger partial charge in [0.25, 0.3) is 0 Å². The predicted octanol–water partition coefficient (Wildman–Crippen LogP) is 1.72. The molecule has 0 unspecified atom stereocenters. The van der Waals surface area contributed by atoms with Gasteiger partial charge in [-0.2, -0.15) is 0 Å². The zero-order valence-corrected chi connectivity index (χ0v) is 9.23. The lowest BCUT2D eigenvalue weighted by Gasteiger charge is -2.02. The third-order valence-corrected chi connectivity index (χ3v) is 2.12. The van der Waals surface area contributed by atoms with Gasteiger partial charge in [-0.1, -0.05) is 30.3 Å². The molecule has 1 amide bonds. The largest absolute Gasteiger partial charge is 0.294 e. The Balaban J connectivity index is 2.29. The summed E-state index contributed by atoms with van der Waals surface area (Å²) >= 11 is 0. The van der Waals surface area contributed by atoms with Crippen LogP contribution in [0.4, 0.5) is 0 Å². The molecule has 0 saturated carbocycles. The average molecular weight is 221 g/mol. The van der Waals surface area contributed by atoms with E-state index in [4.69, 9.17) is 0 Å². The molecule has 4 nitrogen and oxygen atoms in total. The predicted molar refractivity (Wildman–Crippen MR) is 59.8 cm³/mol. The molecule has 1 N–H and O–H groups in total. The number of carbonyl (C=O) groups is 2. The Kier molecular flexibility index (Phi) is 5.22. The highest BCUT2D eigenvalue weighted by molar-refractivity contribution is 5.96. The summed E-state index contributed by atoms with van der Waals surface area (Å²) in [6, 6.07) is 9.06. The number of Topliss-reactive ketones (excluding diaryl/α,β-unsaturated/α-hetero) is 1. The van der Waals surface area contributed by atoms with Gasteiger partial charge < -0.3 is 0 Å². The van der Waals surface area contributed by atoms with Crippen molar-refractivity contribution in [3.8, 4) is 0 Å². The molecule has 0 bridgehead atoms. The second kappa shape index (κ2) is 6.74. The van der Waals surface area contributed by atoms with Crippen molar-refractivity contribution >= 4 is 11.7 Å². The Hall–Kier alpha value is -1.68. The number of rotatable bonds is 6. The Morgan fingerprint density at radius 2 is 1.88 bits per heavy atom. The molecule has 0 fully saturated rings. The van der Waals surface area contributed by atoms with Crippen LogP contribution in [0.25, 0.3) is 0 Å². The first-order chi connectivity index (χ1) is 7.74. The van der Waals surface area contributed by atoms with Gasteiger partial charge in [0, 0.05) is 18.4 Å². The van der Waals surface area contributed by atoms with Crippen LogP contribution in [0.2, 0.25) is 0 Å². The fourth-order valence-corrected chi connectivity index (χ4v) is 1.34. The molecule has 0 heterocycles. The molecular weight excluding hydrogens is 206 g/mol. The van der Waals surface area contributed by atoms with Crippen LogP contribution in [0.1, 0.15) is 29.6 Å². The van der Waals surface area contributed by atoms with Crippen LogP contribution in [-0.2, 0) is 9.63 Å². The van der Waals surface area contributed by atoms with Crippen molar-refractivity contribution < 1.29 is 14.4 Å². The van der Waals surface area contributed by atoms with Crippen molar-refractivity contribution in [2.24, 2.45) is 0 Å². The molecule has 0 atom stereocenters. The van der Waals surface area contributed by atoms with Gasteiger partial charge in [0.2, 0.25) is 5.91 Å². The van der Waals surface area contributed by atoms with E-state index in [0.29, 0.717) is 24.8 Å². The van der Waals surface area contributed by atoms with Gasteiger partial charge in [-0.3, -0.25) is 14.4 Å². The topological polar surface area (TPSA) is 55.4 Å². The first-order valence-electron chi connectivity index (χ1n) is 5.14.